The van der Waals surface area contributed by atoms with Crippen molar-refractivity contribution in [2.75, 3.05) is 19.0 Å². The van der Waals surface area contributed by atoms with Crippen LogP contribution < -0.4 is 0 Å². The highest BCUT2D eigenvalue weighted by Gasteiger charge is 2.29. The van der Waals surface area contributed by atoms with E-state index in [4.69, 9.17) is 4.18 Å². The van der Waals surface area contributed by atoms with Gasteiger partial charge in [0.05, 0.1) is 22.3 Å². The highest BCUT2D eigenvalue weighted by Crippen LogP contribution is 2.41. The minimum atomic E-state index is -3.87. The number of thioether (sulfide) groups is 1. The molecular formula is C27H35NO5S2. The largest absolute Gasteiger partial charge is 0.507 e. The van der Waals surface area contributed by atoms with Crippen molar-refractivity contribution in [1.29, 1.82) is 0 Å². The summed E-state index contributed by atoms with van der Waals surface area (Å²) in [5, 5.41) is 10.9. The molecule has 0 aliphatic carbocycles. The van der Waals surface area contributed by atoms with E-state index in [9.17, 15) is 18.3 Å². The van der Waals surface area contributed by atoms with E-state index < -0.39 is 10.1 Å². The Morgan fingerprint density at radius 2 is 1.57 bits per heavy atom. The number of rotatable bonds is 6. The molecule has 1 N–H and O–H groups in total. The summed E-state index contributed by atoms with van der Waals surface area (Å²) in [5.74, 6) is 0.565. The van der Waals surface area contributed by atoms with Crippen molar-refractivity contribution in [3.8, 4) is 5.75 Å². The molecular weight excluding hydrogens is 482 g/mol. The van der Waals surface area contributed by atoms with Crippen LogP contribution in [0.25, 0.3) is 6.08 Å². The first-order chi connectivity index (χ1) is 16.1. The van der Waals surface area contributed by atoms with E-state index in [1.54, 1.807) is 17.0 Å². The highest BCUT2D eigenvalue weighted by molar-refractivity contribution is 8.04. The fourth-order valence-electron chi connectivity index (χ4n) is 3.76. The third-order valence-corrected chi connectivity index (χ3v) is 8.20. The Labute approximate surface area is 213 Å². The van der Waals surface area contributed by atoms with Gasteiger partial charge in [-0.3, -0.25) is 8.98 Å². The van der Waals surface area contributed by atoms with Gasteiger partial charge in [0.25, 0.3) is 16.0 Å². The number of hydrogen-bond donors (Lipinski definition) is 1. The Hall–Kier alpha value is -2.29. The quantitative estimate of drug-likeness (QED) is 0.398. The Kier molecular flexibility index (Phi) is 7.79. The van der Waals surface area contributed by atoms with Gasteiger partial charge in [-0.15, -0.1) is 0 Å². The van der Waals surface area contributed by atoms with E-state index in [2.05, 4.69) is 0 Å². The van der Waals surface area contributed by atoms with Crippen LogP contribution in [0, 0.1) is 6.92 Å². The van der Waals surface area contributed by atoms with E-state index in [0.29, 0.717) is 16.5 Å². The van der Waals surface area contributed by atoms with Crippen LogP contribution in [0.15, 0.2) is 46.2 Å². The molecule has 8 heteroatoms. The number of nitrogens with zero attached hydrogens (tertiary/aromatic N) is 1. The lowest BCUT2D eigenvalue weighted by atomic mass is 9.78. The lowest BCUT2D eigenvalue weighted by Gasteiger charge is -2.28. The third kappa shape index (κ3) is 6.48. The smallest absolute Gasteiger partial charge is 0.297 e. The number of phenols is 1. The first-order valence-electron chi connectivity index (χ1n) is 11.6. The Balaban J connectivity index is 1.75. The second-order valence-corrected chi connectivity index (χ2v) is 13.5. The number of benzene rings is 2. The predicted octanol–water partition coefficient (Wildman–Crippen LogP) is 5.57. The molecule has 1 heterocycles. The van der Waals surface area contributed by atoms with E-state index in [0.717, 1.165) is 22.3 Å². The van der Waals surface area contributed by atoms with Gasteiger partial charge in [-0.1, -0.05) is 71.0 Å². The van der Waals surface area contributed by atoms with Crippen molar-refractivity contribution in [3.05, 3.63) is 63.6 Å². The van der Waals surface area contributed by atoms with Gasteiger partial charge in [0.1, 0.15) is 5.75 Å². The van der Waals surface area contributed by atoms with Crippen LogP contribution >= 0.6 is 11.8 Å². The highest BCUT2D eigenvalue weighted by atomic mass is 32.2. The van der Waals surface area contributed by atoms with Crippen LogP contribution in [0.1, 0.15) is 63.8 Å². The zero-order chi connectivity index (χ0) is 26.2. The van der Waals surface area contributed by atoms with Crippen LogP contribution in [-0.2, 0) is 29.9 Å². The van der Waals surface area contributed by atoms with Gasteiger partial charge < -0.3 is 10.0 Å². The fraction of sp³-hybridized carbons (Fsp3) is 0.444. The number of carbonyl (C=O) groups excluding carboxylic acids is 1. The van der Waals surface area contributed by atoms with E-state index in [-0.39, 0.29) is 34.8 Å². The molecule has 0 radical (unpaired) electrons. The first kappa shape index (κ1) is 27.3. The average molecular weight is 518 g/mol. The summed E-state index contributed by atoms with van der Waals surface area (Å²) in [6.07, 6.45) is 1.85. The molecule has 190 valence electrons. The summed E-state index contributed by atoms with van der Waals surface area (Å²) in [6, 6.07) is 10.3. The van der Waals surface area contributed by atoms with Crippen molar-refractivity contribution >= 4 is 33.9 Å². The van der Waals surface area contributed by atoms with Crippen LogP contribution in [-0.4, -0.2) is 43.4 Å². The molecule has 2 aromatic carbocycles. The molecule has 0 atom stereocenters. The molecule has 1 saturated heterocycles. The van der Waals surface area contributed by atoms with Crippen LogP contribution in [0.2, 0.25) is 0 Å². The molecule has 3 rings (SSSR count). The lowest BCUT2D eigenvalue weighted by molar-refractivity contribution is -0.125. The zero-order valence-electron chi connectivity index (χ0n) is 21.5. The van der Waals surface area contributed by atoms with E-state index in [1.807, 2.05) is 66.7 Å². The monoisotopic (exact) mass is 517 g/mol. The van der Waals surface area contributed by atoms with Gasteiger partial charge in [-0.2, -0.15) is 8.42 Å². The standard InChI is InChI=1S/C27H35NO5S2/c1-18-8-10-20(11-9-18)35(31,32)33-13-12-28-17-34-23(25(28)30)16-19-14-21(26(2,3)4)24(29)22(15-19)27(5,6)7/h8-11,14-16,29H,12-13,17H2,1-7H3. The Morgan fingerprint density at radius 3 is 2.09 bits per heavy atom. The van der Waals surface area contributed by atoms with Gasteiger partial charge in [-0.05, 0) is 53.7 Å². The Morgan fingerprint density at radius 1 is 1.03 bits per heavy atom. The Bertz CT molecular complexity index is 1200. The average Bonchev–Trinajstić information content (AvgIpc) is 3.07. The summed E-state index contributed by atoms with van der Waals surface area (Å²) in [7, 11) is -3.87. The SMILES string of the molecule is Cc1ccc(S(=O)(=O)OCCN2CSC(=Cc3cc(C(C)(C)C)c(O)c(C(C)(C)C)c3)C2=O)cc1. The van der Waals surface area contributed by atoms with Crippen molar-refractivity contribution < 1.29 is 22.5 Å². The van der Waals surface area contributed by atoms with Crippen molar-refractivity contribution in [1.82, 2.24) is 4.90 Å². The molecule has 0 unspecified atom stereocenters. The van der Waals surface area contributed by atoms with Gasteiger partial charge in [0.2, 0.25) is 0 Å². The molecule has 6 nitrogen and oxygen atoms in total. The summed E-state index contributed by atoms with van der Waals surface area (Å²) in [6.45, 7) is 14.2. The second-order valence-electron chi connectivity index (χ2n) is 10.9. The van der Waals surface area contributed by atoms with E-state index >= 15 is 0 Å². The molecule has 1 aliphatic heterocycles. The van der Waals surface area contributed by atoms with Crippen LogP contribution in [0.4, 0.5) is 0 Å². The number of aromatic hydroxyl groups is 1. The second kappa shape index (κ2) is 9.99. The molecule has 0 saturated carbocycles. The van der Waals surface area contributed by atoms with Gasteiger partial charge >= 0.3 is 0 Å². The maximum absolute atomic E-state index is 13.0. The minimum Gasteiger partial charge on any atom is -0.507 e. The summed E-state index contributed by atoms with van der Waals surface area (Å²) >= 11 is 1.41. The normalized spacial score (nSPS) is 16.4. The van der Waals surface area contributed by atoms with Gasteiger partial charge in [0, 0.05) is 17.7 Å². The summed E-state index contributed by atoms with van der Waals surface area (Å²) in [5.41, 5.74) is 2.95. The summed E-state index contributed by atoms with van der Waals surface area (Å²) in [4.78, 5) is 15.2. The molecule has 0 spiro atoms. The molecule has 2 aromatic rings. The molecule has 0 aromatic heterocycles. The van der Waals surface area contributed by atoms with Crippen molar-refractivity contribution in [2.45, 2.75) is 64.2 Å². The van der Waals surface area contributed by atoms with Crippen LogP contribution in [0.5, 0.6) is 5.75 Å². The van der Waals surface area contributed by atoms with Crippen LogP contribution in [0.3, 0.4) is 0 Å². The molecule has 1 aliphatic rings. The van der Waals surface area contributed by atoms with Gasteiger partial charge in [0.15, 0.2) is 0 Å². The first-order valence-corrected chi connectivity index (χ1v) is 14.0. The molecule has 1 fully saturated rings. The maximum Gasteiger partial charge on any atom is 0.297 e. The predicted molar refractivity (Wildman–Crippen MR) is 142 cm³/mol. The van der Waals surface area contributed by atoms with Gasteiger partial charge in [-0.25, -0.2) is 0 Å². The summed E-state index contributed by atoms with van der Waals surface area (Å²) < 4.78 is 30.0. The number of aryl methyl sites for hydroxylation is 1. The molecule has 0 bridgehead atoms. The van der Waals surface area contributed by atoms with E-state index in [1.165, 1.54) is 23.9 Å². The third-order valence-electron chi connectivity index (χ3n) is 5.83. The number of phenolic OH excluding ortho intramolecular Hbond substituents is 1. The topological polar surface area (TPSA) is 83.9 Å². The molecule has 35 heavy (non-hydrogen) atoms. The number of hydrogen-bond acceptors (Lipinski definition) is 6. The maximum atomic E-state index is 13.0. The lowest BCUT2D eigenvalue weighted by Crippen LogP contribution is -2.29. The number of carbonyl (C=O) groups is 1. The minimum absolute atomic E-state index is 0.0995. The van der Waals surface area contributed by atoms with Crippen molar-refractivity contribution in [3.63, 3.8) is 0 Å². The van der Waals surface area contributed by atoms with Crippen molar-refractivity contribution in [2.24, 2.45) is 0 Å². The number of amides is 1. The molecule has 1 amide bonds. The fourth-order valence-corrected chi connectivity index (χ4v) is 5.67. The zero-order valence-corrected chi connectivity index (χ0v) is 23.1.